The van der Waals surface area contributed by atoms with Gasteiger partial charge in [-0.05, 0) is 73.5 Å². The van der Waals surface area contributed by atoms with Crippen molar-refractivity contribution in [2.75, 3.05) is 23.2 Å². The molecule has 0 fully saturated rings. The number of esters is 1. The Bertz CT molecular complexity index is 2180. The van der Waals surface area contributed by atoms with E-state index in [0.717, 1.165) is 10.0 Å². The lowest BCUT2D eigenvalue weighted by Crippen LogP contribution is -2.33. The van der Waals surface area contributed by atoms with Crippen molar-refractivity contribution >= 4 is 81.1 Å². The minimum atomic E-state index is -1.42. The van der Waals surface area contributed by atoms with Crippen LogP contribution in [0, 0.1) is 0 Å². The number of azo groups is 2. The zero-order valence-electron chi connectivity index (χ0n) is 28.0. The molecule has 4 aromatic rings. The van der Waals surface area contributed by atoms with E-state index in [9.17, 15) is 19.2 Å². The monoisotopic (exact) mass is 754 g/mol. The van der Waals surface area contributed by atoms with Crippen LogP contribution in [0.25, 0.3) is 11.1 Å². The fourth-order valence-corrected chi connectivity index (χ4v) is 5.48. The molecule has 53 heavy (non-hydrogen) atoms. The molecule has 0 saturated carbocycles. The van der Waals surface area contributed by atoms with Crippen LogP contribution in [0.15, 0.2) is 128 Å². The molecule has 0 saturated heterocycles. The summed E-state index contributed by atoms with van der Waals surface area (Å²) in [5.41, 5.74) is 2.09. The van der Waals surface area contributed by atoms with Crippen LogP contribution in [0.5, 0.6) is 0 Å². The molecule has 0 bridgehead atoms. The van der Waals surface area contributed by atoms with Gasteiger partial charge in [0.15, 0.2) is 11.4 Å². The number of hydrogen-bond acceptors (Lipinski definition) is 13. The third-order valence-corrected chi connectivity index (χ3v) is 8.16. The van der Waals surface area contributed by atoms with E-state index in [-0.39, 0.29) is 46.1 Å². The quantitative estimate of drug-likeness (QED) is 0.0625. The number of hydrogen-bond donors (Lipinski definition) is 0. The Morgan fingerprint density at radius 3 is 1.53 bits per heavy atom. The van der Waals surface area contributed by atoms with Crippen molar-refractivity contribution in [1.29, 1.82) is 0 Å². The van der Waals surface area contributed by atoms with E-state index in [4.69, 9.17) is 37.7 Å². The summed E-state index contributed by atoms with van der Waals surface area (Å²) in [6.45, 7) is 3.43. The molecule has 0 spiro atoms. The van der Waals surface area contributed by atoms with Gasteiger partial charge in [-0.1, -0.05) is 71.7 Å². The molecule has 2 aliphatic heterocycles. The predicted octanol–water partition coefficient (Wildman–Crippen LogP) is 7.43. The number of carbonyl (C=O) groups excluding carboxylic acids is 4. The van der Waals surface area contributed by atoms with Gasteiger partial charge in [-0.2, -0.15) is 45.6 Å². The number of ether oxygens (including phenoxy) is 1. The van der Waals surface area contributed by atoms with Crippen molar-refractivity contribution in [1.82, 2.24) is 0 Å². The molecule has 2 aliphatic rings. The Morgan fingerprint density at radius 1 is 0.660 bits per heavy atom. The van der Waals surface area contributed by atoms with Crippen molar-refractivity contribution < 1.29 is 33.7 Å². The summed E-state index contributed by atoms with van der Waals surface area (Å²) in [7, 11) is 0. The van der Waals surface area contributed by atoms with Gasteiger partial charge in [-0.15, -0.1) is 0 Å². The molecule has 0 N–H and O–H groups in total. The summed E-state index contributed by atoms with van der Waals surface area (Å²) in [6, 6.07) is 24.2. The summed E-state index contributed by atoms with van der Waals surface area (Å²) in [5.74, 6) is -2.98. The van der Waals surface area contributed by atoms with Crippen LogP contribution < -0.4 is 10.0 Å². The second kappa shape index (κ2) is 16.5. The zero-order valence-corrected chi connectivity index (χ0v) is 29.5. The smallest absolute Gasteiger partial charge is 0.391 e. The maximum absolute atomic E-state index is 13.3. The molecule has 17 heteroatoms. The molecule has 6 rings (SSSR count). The van der Waals surface area contributed by atoms with Gasteiger partial charge in [0.2, 0.25) is 12.1 Å². The Balaban J connectivity index is 1.19. The molecule has 4 aromatic carbocycles. The first kappa shape index (κ1) is 36.6. The molecule has 15 nitrogen and oxygen atoms in total. The van der Waals surface area contributed by atoms with Crippen LogP contribution in [0.3, 0.4) is 0 Å². The lowest BCUT2D eigenvalue weighted by atomic mass is 10.0. The van der Waals surface area contributed by atoms with Crippen LogP contribution >= 0.6 is 23.2 Å². The van der Waals surface area contributed by atoms with Crippen molar-refractivity contribution in [2.24, 2.45) is 30.7 Å². The summed E-state index contributed by atoms with van der Waals surface area (Å²) in [6.07, 6.45) is 0. The first-order valence-corrected chi connectivity index (χ1v) is 16.8. The maximum Gasteiger partial charge on any atom is 0.391 e. The van der Waals surface area contributed by atoms with Crippen LogP contribution in [-0.2, 0) is 33.7 Å². The fourth-order valence-electron chi connectivity index (χ4n) is 5.05. The molecule has 2 unspecified atom stereocenters. The van der Waals surface area contributed by atoms with Crippen molar-refractivity contribution in [3.63, 3.8) is 0 Å². The minimum absolute atomic E-state index is 0.0806. The lowest BCUT2D eigenvalue weighted by Gasteiger charge is -2.11. The number of hydrazone groups is 2. The van der Waals surface area contributed by atoms with E-state index < -0.39 is 35.8 Å². The van der Waals surface area contributed by atoms with Gasteiger partial charge in [0, 0.05) is 0 Å². The second-order valence-corrected chi connectivity index (χ2v) is 11.8. The van der Waals surface area contributed by atoms with E-state index in [1.165, 1.54) is 0 Å². The largest absolute Gasteiger partial charge is 0.461 e. The van der Waals surface area contributed by atoms with E-state index in [0.29, 0.717) is 22.5 Å². The van der Waals surface area contributed by atoms with E-state index in [2.05, 4.69) is 30.7 Å². The number of benzene rings is 4. The Kier molecular flexibility index (Phi) is 11.4. The maximum atomic E-state index is 13.3. The van der Waals surface area contributed by atoms with Crippen LogP contribution in [-0.4, -0.2) is 60.5 Å². The van der Waals surface area contributed by atoms with Crippen LogP contribution in [0.1, 0.15) is 13.8 Å². The highest BCUT2D eigenvalue weighted by molar-refractivity contribution is 6.46. The zero-order chi connectivity index (χ0) is 37.5. The van der Waals surface area contributed by atoms with Gasteiger partial charge < -0.3 is 4.74 Å². The number of para-hydroxylation sites is 2. The summed E-state index contributed by atoms with van der Waals surface area (Å²) in [4.78, 5) is 61.4. The highest BCUT2D eigenvalue weighted by atomic mass is 35.5. The first-order chi connectivity index (χ1) is 25.7. The molecule has 0 aliphatic carbocycles. The Hall–Kier alpha value is -6.16. The number of anilines is 2. The molecule has 0 radical (unpaired) electrons. The lowest BCUT2D eigenvalue weighted by molar-refractivity contribution is -0.262. The van der Waals surface area contributed by atoms with Gasteiger partial charge in [0.25, 0.3) is 11.8 Å². The average Bonchev–Trinajstić information content (AvgIpc) is 3.69. The first-order valence-electron chi connectivity index (χ1n) is 16.1. The van der Waals surface area contributed by atoms with Gasteiger partial charge in [-0.3, -0.25) is 14.5 Å². The highest BCUT2D eigenvalue weighted by Crippen LogP contribution is 2.36. The van der Waals surface area contributed by atoms with E-state index in [1.54, 1.807) is 111 Å². The predicted molar refractivity (Wildman–Crippen MR) is 196 cm³/mol. The topological polar surface area (TPSA) is 177 Å². The van der Waals surface area contributed by atoms with Gasteiger partial charge in [0.05, 0.1) is 34.6 Å². The molecule has 2 heterocycles. The van der Waals surface area contributed by atoms with E-state index >= 15 is 0 Å². The van der Waals surface area contributed by atoms with Crippen LogP contribution in [0.4, 0.5) is 22.7 Å². The normalized spacial score (nSPS) is 17.1. The molecule has 2 amide bonds. The summed E-state index contributed by atoms with van der Waals surface area (Å²) < 4.78 is 5.10. The van der Waals surface area contributed by atoms with Crippen molar-refractivity contribution in [3.8, 4) is 11.1 Å². The third kappa shape index (κ3) is 8.02. The minimum Gasteiger partial charge on any atom is -0.461 e. The second-order valence-electron chi connectivity index (χ2n) is 11.0. The highest BCUT2D eigenvalue weighted by Gasteiger charge is 2.43. The molecule has 2 atom stereocenters. The number of halogens is 2. The molecule has 268 valence electrons. The van der Waals surface area contributed by atoms with E-state index in [1.807, 2.05) is 0 Å². The number of nitrogens with zero attached hydrogens (tertiary/aromatic N) is 8. The fraction of sp³-hybridized carbons (Fsp3) is 0.167. The standard InChI is InChI=1S/C36H28Cl2N8O7/c1-3-51-35(49)31-29(33(47)45(43-31)23-11-7-5-8-12-23)41-39-27-17-15-21(19-25(27)37)22-16-18-28(26(38)20-22)40-42-30-32(36(50)53-52-4-2)44-46(34(30)48)24-13-9-6-10-14-24/h5-20,29-30H,3-4H2,1-2H3. The third-order valence-electron chi connectivity index (χ3n) is 7.56. The van der Waals surface area contributed by atoms with Gasteiger partial charge >= 0.3 is 11.9 Å². The SMILES string of the molecule is CCOOC(=O)C1=NN(c2ccccc2)C(=O)C1N=Nc1ccc(-c2ccc(N=NC3C(=O)N(c4ccccc4)N=C3C(=O)OCC)c(Cl)c2)cc1Cl. The summed E-state index contributed by atoms with van der Waals surface area (Å²) >= 11 is 13.2. The van der Waals surface area contributed by atoms with Crippen molar-refractivity contribution in [2.45, 2.75) is 25.9 Å². The van der Waals surface area contributed by atoms with Crippen molar-refractivity contribution in [3.05, 3.63) is 107 Å². The number of carbonyl (C=O) groups is 4. The Morgan fingerprint density at radius 2 is 1.11 bits per heavy atom. The average molecular weight is 756 g/mol. The van der Waals surface area contributed by atoms with Gasteiger partial charge in [-0.25, -0.2) is 9.59 Å². The molecule has 0 aromatic heterocycles. The number of amides is 2. The number of rotatable bonds is 12. The van der Waals surface area contributed by atoms with Gasteiger partial charge in [0.1, 0.15) is 11.4 Å². The van der Waals surface area contributed by atoms with Crippen LogP contribution in [0.2, 0.25) is 10.0 Å². The molecular formula is C36H28Cl2N8O7. The molecular weight excluding hydrogens is 727 g/mol. The summed E-state index contributed by atoms with van der Waals surface area (Å²) in [5, 5.41) is 27.4. The Labute approximate surface area is 312 Å².